The summed E-state index contributed by atoms with van der Waals surface area (Å²) in [7, 11) is 0. The highest BCUT2D eigenvalue weighted by Crippen LogP contribution is 2.24. The number of nitrogens with two attached hydrogens (primary N) is 1. The number of carboxylic acid groups (broad SMARTS) is 1. The van der Waals surface area contributed by atoms with Gasteiger partial charge >= 0.3 is 5.97 Å². The van der Waals surface area contributed by atoms with Crippen LogP contribution in [0.4, 0.5) is 0 Å². The third-order valence-electron chi connectivity index (χ3n) is 2.50. The van der Waals surface area contributed by atoms with Crippen molar-refractivity contribution in [3.8, 4) is 5.75 Å². The summed E-state index contributed by atoms with van der Waals surface area (Å²) in [6.45, 7) is 5.90. The van der Waals surface area contributed by atoms with Crippen LogP contribution in [0.25, 0.3) is 0 Å². The fraction of sp³-hybridized carbons (Fsp3) is 0.462. The first-order chi connectivity index (χ1) is 7.95. The minimum Gasteiger partial charge on any atom is -0.491 e. The van der Waals surface area contributed by atoms with E-state index in [0.717, 1.165) is 11.3 Å². The number of carboxylic acids is 1. The summed E-state index contributed by atoms with van der Waals surface area (Å²) in [6.07, 6.45) is 0.101. The van der Waals surface area contributed by atoms with Crippen molar-refractivity contribution in [1.82, 2.24) is 0 Å². The maximum Gasteiger partial charge on any atom is 0.312 e. The predicted molar refractivity (Wildman–Crippen MR) is 66.4 cm³/mol. The van der Waals surface area contributed by atoms with Crippen molar-refractivity contribution in [2.45, 2.75) is 32.8 Å². The molecule has 94 valence electrons. The Morgan fingerprint density at radius 3 is 2.53 bits per heavy atom. The van der Waals surface area contributed by atoms with Crippen LogP contribution in [0.5, 0.6) is 5.75 Å². The molecule has 1 atom stereocenters. The Morgan fingerprint density at radius 1 is 1.47 bits per heavy atom. The Labute approximate surface area is 101 Å². The molecule has 3 N–H and O–H groups in total. The molecule has 0 heterocycles. The Hall–Kier alpha value is -1.55. The number of aryl methyl sites for hydroxylation is 1. The standard InChI is InChI=1S/C13H19NO3/c1-8(2)17-12-5-4-10(6-9(12)3)11(7-14)13(15)16/h4-6,8,11H,7,14H2,1-3H3,(H,15,16). The van der Waals surface area contributed by atoms with Gasteiger partial charge in [-0.3, -0.25) is 4.79 Å². The van der Waals surface area contributed by atoms with Gasteiger partial charge in [0.05, 0.1) is 12.0 Å². The molecule has 0 aliphatic heterocycles. The minimum atomic E-state index is -0.899. The van der Waals surface area contributed by atoms with Gasteiger partial charge in [-0.05, 0) is 38.0 Å². The zero-order valence-electron chi connectivity index (χ0n) is 10.4. The monoisotopic (exact) mass is 237 g/mol. The summed E-state index contributed by atoms with van der Waals surface area (Å²) < 4.78 is 5.60. The molecule has 1 unspecified atom stereocenters. The first-order valence-corrected chi connectivity index (χ1v) is 5.65. The van der Waals surface area contributed by atoms with Crippen molar-refractivity contribution in [3.05, 3.63) is 29.3 Å². The van der Waals surface area contributed by atoms with Gasteiger partial charge in [-0.2, -0.15) is 0 Å². The molecular formula is C13H19NO3. The summed E-state index contributed by atoms with van der Waals surface area (Å²) in [5.41, 5.74) is 7.11. The largest absolute Gasteiger partial charge is 0.491 e. The first kappa shape index (κ1) is 13.5. The Morgan fingerprint density at radius 2 is 2.12 bits per heavy atom. The number of ether oxygens (including phenoxy) is 1. The molecule has 0 aliphatic rings. The fourth-order valence-corrected chi connectivity index (χ4v) is 1.65. The molecule has 0 saturated heterocycles. The molecule has 0 radical (unpaired) electrons. The molecule has 0 aliphatic carbocycles. The van der Waals surface area contributed by atoms with Crippen molar-refractivity contribution in [1.29, 1.82) is 0 Å². The van der Waals surface area contributed by atoms with Gasteiger partial charge in [0.2, 0.25) is 0 Å². The predicted octanol–water partition coefficient (Wildman–Crippen LogP) is 1.91. The van der Waals surface area contributed by atoms with Crippen LogP contribution in [0.1, 0.15) is 30.9 Å². The molecular weight excluding hydrogens is 218 g/mol. The lowest BCUT2D eigenvalue weighted by molar-refractivity contribution is -0.138. The molecule has 4 heteroatoms. The van der Waals surface area contributed by atoms with E-state index in [1.807, 2.05) is 26.8 Å². The molecule has 0 fully saturated rings. The summed E-state index contributed by atoms with van der Waals surface area (Å²) in [5.74, 6) is -0.767. The molecule has 4 nitrogen and oxygen atoms in total. The summed E-state index contributed by atoms with van der Waals surface area (Å²) >= 11 is 0. The van der Waals surface area contributed by atoms with Crippen LogP contribution in [0.3, 0.4) is 0 Å². The maximum absolute atomic E-state index is 11.0. The molecule has 0 spiro atoms. The molecule has 0 saturated carbocycles. The molecule has 0 bridgehead atoms. The second-order valence-electron chi connectivity index (χ2n) is 4.32. The van der Waals surface area contributed by atoms with Crippen LogP contribution >= 0.6 is 0 Å². The van der Waals surface area contributed by atoms with Gasteiger partial charge in [-0.15, -0.1) is 0 Å². The number of rotatable bonds is 5. The van der Waals surface area contributed by atoms with E-state index >= 15 is 0 Å². The number of aliphatic carboxylic acids is 1. The van der Waals surface area contributed by atoms with Crippen LogP contribution in [-0.2, 0) is 4.79 Å². The van der Waals surface area contributed by atoms with Crippen LogP contribution in [-0.4, -0.2) is 23.7 Å². The van der Waals surface area contributed by atoms with Crippen LogP contribution < -0.4 is 10.5 Å². The van der Waals surface area contributed by atoms with Crippen LogP contribution in [0, 0.1) is 6.92 Å². The van der Waals surface area contributed by atoms with E-state index in [1.54, 1.807) is 12.1 Å². The van der Waals surface area contributed by atoms with Crippen molar-refractivity contribution in [3.63, 3.8) is 0 Å². The Balaban J connectivity index is 2.99. The van der Waals surface area contributed by atoms with Crippen LogP contribution in [0.2, 0.25) is 0 Å². The Kier molecular flexibility index (Phi) is 4.52. The zero-order chi connectivity index (χ0) is 13.0. The summed E-state index contributed by atoms with van der Waals surface area (Å²) in [6, 6.07) is 5.38. The van der Waals surface area contributed by atoms with Crippen molar-refractivity contribution in [2.75, 3.05) is 6.54 Å². The zero-order valence-corrected chi connectivity index (χ0v) is 10.4. The van der Waals surface area contributed by atoms with E-state index in [4.69, 9.17) is 15.6 Å². The third-order valence-corrected chi connectivity index (χ3v) is 2.50. The fourth-order valence-electron chi connectivity index (χ4n) is 1.65. The summed E-state index contributed by atoms with van der Waals surface area (Å²) in [4.78, 5) is 11.0. The van der Waals surface area contributed by atoms with E-state index in [-0.39, 0.29) is 12.6 Å². The smallest absolute Gasteiger partial charge is 0.312 e. The van der Waals surface area contributed by atoms with Gasteiger partial charge in [0.1, 0.15) is 5.75 Å². The normalized spacial score (nSPS) is 12.5. The van der Waals surface area contributed by atoms with Gasteiger partial charge in [-0.25, -0.2) is 0 Å². The highest BCUT2D eigenvalue weighted by molar-refractivity contribution is 5.76. The lowest BCUT2D eigenvalue weighted by atomic mass is 9.97. The highest BCUT2D eigenvalue weighted by Gasteiger charge is 2.18. The second kappa shape index (κ2) is 5.68. The van der Waals surface area contributed by atoms with Gasteiger partial charge in [0, 0.05) is 6.54 Å². The van der Waals surface area contributed by atoms with Crippen LogP contribution in [0.15, 0.2) is 18.2 Å². The van der Waals surface area contributed by atoms with E-state index in [2.05, 4.69) is 0 Å². The number of hydrogen-bond acceptors (Lipinski definition) is 3. The average Bonchev–Trinajstić information content (AvgIpc) is 2.22. The van der Waals surface area contributed by atoms with Crippen molar-refractivity contribution in [2.24, 2.45) is 5.73 Å². The first-order valence-electron chi connectivity index (χ1n) is 5.65. The third kappa shape index (κ3) is 3.46. The number of benzene rings is 1. The highest BCUT2D eigenvalue weighted by atomic mass is 16.5. The summed E-state index contributed by atoms with van der Waals surface area (Å²) in [5, 5.41) is 9.02. The average molecular weight is 237 g/mol. The number of carbonyl (C=O) groups is 1. The molecule has 1 rings (SSSR count). The molecule has 1 aromatic rings. The topological polar surface area (TPSA) is 72.6 Å². The molecule has 1 aromatic carbocycles. The minimum absolute atomic E-state index is 0.0964. The van der Waals surface area contributed by atoms with Crippen molar-refractivity contribution >= 4 is 5.97 Å². The molecule has 0 aromatic heterocycles. The van der Waals surface area contributed by atoms with Gasteiger partial charge in [-0.1, -0.05) is 12.1 Å². The lowest BCUT2D eigenvalue weighted by Crippen LogP contribution is -2.21. The second-order valence-corrected chi connectivity index (χ2v) is 4.32. The van der Waals surface area contributed by atoms with Gasteiger partial charge < -0.3 is 15.6 Å². The van der Waals surface area contributed by atoms with E-state index in [0.29, 0.717) is 5.56 Å². The SMILES string of the molecule is Cc1cc(C(CN)C(=O)O)ccc1OC(C)C. The molecule has 0 amide bonds. The van der Waals surface area contributed by atoms with E-state index in [1.165, 1.54) is 0 Å². The van der Waals surface area contributed by atoms with Gasteiger partial charge in [0.15, 0.2) is 0 Å². The maximum atomic E-state index is 11.0. The molecule has 17 heavy (non-hydrogen) atoms. The number of hydrogen-bond donors (Lipinski definition) is 2. The Bertz CT molecular complexity index is 402. The van der Waals surface area contributed by atoms with E-state index in [9.17, 15) is 4.79 Å². The van der Waals surface area contributed by atoms with Crippen molar-refractivity contribution < 1.29 is 14.6 Å². The van der Waals surface area contributed by atoms with E-state index < -0.39 is 11.9 Å². The van der Waals surface area contributed by atoms with Gasteiger partial charge in [0.25, 0.3) is 0 Å². The lowest BCUT2D eigenvalue weighted by Gasteiger charge is -2.15. The quantitative estimate of drug-likeness (QED) is 0.820.